The molecule has 4 heteroatoms. The van der Waals surface area contributed by atoms with E-state index < -0.39 is 0 Å². The highest BCUT2D eigenvalue weighted by molar-refractivity contribution is 5.99. The summed E-state index contributed by atoms with van der Waals surface area (Å²) in [5.74, 6) is 1.09. The second-order valence-corrected chi connectivity index (χ2v) is 3.27. The van der Waals surface area contributed by atoms with Crippen LogP contribution in [0.1, 0.15) is 10.4 Å². The molecule has 0 fully saturated rings. The Morgan fingerprint density at radius 1 is 1.27 bits per heavy atom. The lowest BCUT2D eigenvalue weighted by Gasteiger charge is -2.19. The number of carbonyl (C=O) groups is 1. The summed E-state index contributed by atoms with van der Waals surface area (Å²) < 4.78 is 16.1. The fourth-order valence-electron chi connectivity index (χ4n) is 1.75. The molecule has 0 unspecified atom stereocenters. The maximum atomic E-state index is 11.0. The van der Waals surface area contributed by atoms with Gasteiger partial charge < -0.3 is 13.9 Å². The predicted molar refractivity (Wildman–Crippen MR) is 52.6 cm³/mol. The lowest BCUT2D eigenvalue weighted by molar-refractivity contribution is 0.111. The Labute approximate surface area is 85.4 Å². The van der Waals surface area contributed by atoms with Crippen molar-refractivity contribution in [1.82, 2.24) is 0 Å². The van der Waals surface area contributed by atoms with E-state index in [1.807, 2.05) is 6.07 Å². The number of ether oxygens (including phenoxy) is 2. The molecular weight excluding hydrogens is 196 g/mol. The van der Waals surface area contributed by atoms with Gasteiger partial charge in [0.15, 0.2) is 17.8 Å². The standard InChI is InChI=1S/C11H8O4/c12-6-8-10-7(1-2-14-10)5-9-11(8)15-4-3-13-9/h1-2,5-6H,3-4H2. The molecule has 0 N–H and O–H groups in total. The van der Waals surface area contributed by atoms with Crippen LogP contribution in [-0.2, 0) is 0 Å². The monoisotopic (exact) mass is 204 g/mol. The lowest BCUT2D eigenvalue weighted by atomic mass is 10.1. The molecule has 0 amide bonds. The molecule has 1 aromatic heterocycles. The highest BCUT2D eigenvalue weighted by Crippen LogP contribution is 2.38. The topological polar surface area (TPSA) is 48.7 Å². The number of hydrogen-bond donors (Lipinski definition) is 0. The summed E-state index contributed by atoms with van der Waals surface area (Å²) in [4.78, 5) is 11.0. The Morgan fingerprint density at radius 3 is 3.00 bits per heavy atom. The summed E-state index contributed by atoms with van der Waals surface area (Å²) in [6.07, 6.45) is 2.28. The number of aldehydes is 1. The summed E-state index contributed by atoms with van der Waals surface area (Å²) in [7, 11) is 0. The summed E-state index contributed by atoms with van der Waals surface area (Å²) in [5, 5.41) is 0.848. The van der Waals surface area contributed by atoms with Crippen LogP contribution in [0.15, 0.2) is 22.8 Å². The quantitative estimate of drug-likeness (QED) is 0.667. The van der Waals surface area contributed by atoms with Gasteiger partial charge in [0.2, 0.25) is 0 Å². The maximum absolute atomic E-state index is 11.0. The molecular formula is C11H8O4. The molecule has 0 saturated carbocycles. The van der Waals surface area contributed by atoms with Crippen molar-refractivity contribution in [1.29, 1.82) is 0 Å². The Bertz CT molecular complexity index is 527. The number of fused-ring (bicyclic) bond motifs is 2. The predicted octanol–water partition coefficient (Wildman–Crippen LogP) is 2.02. The van der Waals surface area contributed by atoms with Crippen LogP contribution in [0.2, 0.25) is 0 Å². The number of furan rings is 1. The van der Waals surface area contributed by atoms with E-state index in [1.165, 1.54) is 0 Å². The second kappa shape index (κ2) is 3.02. The molecule has 1 aliphatic rings. The van der Waals surface area contributed by atoms with Gasteiger partial charge in [-0.25, -0.2) is 0 Å². The van der Waals surface area contributed by atoms with E-state index in [0.717, 1.165) is 11.7 Å². The van der Waals surface area contributed by atoms with Gasteiger partial charge in [-0.3, -0.25) is 4.79 Å². The zero-order chi connectivity index (χ0) is 10.3. The number of hydrogen-bond acceptors (Lipinski definition) is 4. The smallest absolute Gasteiger partial charge is 0.175 e. The molecule has 76 valence electrons. The van der Waals surface area contributed by atoms with Crippen molar-refractivity contribution in [3.05, 3.63) is 24.0 Å². The fourth-order valence-corrected chi connectivity index (χ4v) is 1.75. The highest BCUT2D eigenvalue weighted by Gasteiger charge is 2.20. The minimum atomic E-state index is 0.423. The molecule has 2 aromatic rings. The Morgan fingerprint density at radius 2 is 2.13 bits per heavy atom. The fraction of sp³-hybridized carbons (Fsp3) is 0.182. The van der Waals surface area contributed by atoms with Gasteiger partial charge in [-0.05, 0) is 12.1 Å². The third-order valence-corrected chi connectivity index (χ3v) is 2.40. The van der Waals surface area contributed by atoms with E-state index in [9.17, 15) is 4.79 Å². The van der Waals surface area contributed by atoms with E-state index in [1.54, 1.807) is 12.3 Å². The molecule has 15 heavy (non-hydrogen) atoms. The van der Waals surface area contributed by atoms with Gasteiger partial charge in [-0.2, -0.15) is 0 Å². The number of carbonyl (C=O) groups excluding carboxylic acids is 1. The molecule has 1 aliphatic heterocycles. The molecule has 0 radical (unpaired) electrons. The first-order valence-electron chi connectivity index (χ1n) is 4.65. The van der Waals surface area contributed by atoms with Crippen LogP contribution in [-0.4, -0.2) is 19.5 Å². The zero-order valence-corrected chi connectivity index (χ0v) is 7.86. The summed E-state index contributed by atoms with van der Waals surface area (Å²) in [6, 6.07) is 3.61. The highest BCUT2D eigenvalue weighted by atomic mass is 16.6. The molecule has 4 nitrogen and oxygen atoms in total. The van der Waals surface area contributed by atoms with Crippen LogP contribution < -0.4 is 9.47 Å². The SMILES string of the molecule is O=Cc1c2c(cc3ccoc13)OCCO2. The molecule has 0 aliphatic carbocycles. The average Bonchev–Trinajstić information content (AvgIpc) is 2.73. The average molecular weight is 204 g/mol. The van der Waals surface area contributed by atoms with Crippen molar-refractivity contribution < 1.29 is 18.7 Å². The van der Waals surface area contributed by atoms with E-state index in [4.69, 9.17) is 13.9 Å². The van der Waals surface area contributed by atoms with Crippen LogP contribution in [0.25, 0.3) is 11.0 Å². The summed E-state index contributed by atoms with van der Waals surface area (Å²) in [5.41, 5.74) is 0.974. The Hall–Kier alpha value is -1.97. The van der Waals surface area contributed by atoms with Gasteiger partial charge >= 0.3 is 0 Å². The van der Waals surface area contributed by atoms with Crippen LogP contribution in [0.4, 0.5) is 0 Å². The molecule has 0 atom stereocenters. The van der Waals surface area contributed by atoms with E-state index >= 15 is 0 Å². The van der Waals surface area contributed by atoms with Gasteiger partial charge in [0.1, 0.15) is 24.4 Å². The van der Waals surface area contributed by atoms with Crippen molar-refractivity contribution >= 4 is 17.3 Å². The lowest BCUT2D eigenvalue weighted by Crippen LogP contribution is -2.16. The van der Waals surface area contributed by atoms with Gasteiger partial charge in [0.25, 0.3) is 0 Å². The Balaban J connectivity index is 2.38. The van der Waals surface area contributed by atoms with Crippen molar-refractivity contribution in [2.24, 2.45) is 0 Å². The van der Waals surface area contributed by atoms with Crippen molar-refractivity contribution in [2.75, 3.05) is 13.2 Å². The zero-order valence-electron chi connectivity index (χ0n) is 7.86. The van der Waals surface area contributed by atoms with Crippen LogP contribution >= 0.6 is 0 Å². The second-order valence-electron chi connectivity index (χ2n) is 3.27. The summed E-state index contributed by atoms with van der Waals surface area (Å²) in [6.45, 7) is 0.967. The molecule has 3 rings (SSSR count). The first-order valence-corrected chi connectivity index (χ1v) is 4.65. The normalized spacial score (nSPS) is 14.1. The van der Waals surface area contributed by atoms with E-state index in [2.05, 4.69) is 0 Å². The molecule has 0 saturated heterocycles. The molecule has 1 aromatic carbocycles. The molecule has 0 bridgehead atoms. The van der Waals surface area contributed by atoms with Crippen molar-refractivity contribution in [3.8, 4) is 11.5 Å². The molecule has 0 spiro atoms. The first kappa shape index (κ1) is 8.35. The van der Waals surface area contributed by atoms with Crippen LogP contribution in [0.3, 0.4) is 0 Å². The maximum Gasteiger partial charge on any atom is 0.175 e. The van der Waals surface area contributed by atoms with Gasteiger partial charge in [-0.1, -0.05) is 0 Å². The first-order chi connectivity index (χ1) is 7.40. The number of benzene rings is 1. The van der Waals surface area contributed by atoms with Crippen LogP contribution in [0, 0.1) is 0 Å². The van der Waals surface area contributed by atoms with Crippen LogP contribution in [0.5, 0.6) is 11.5 Å². The Kier molecular flexibility index (Phi) is 1.68. The van der Waals surface area contributed by atoms with Crippen molar-refractivity contribution in [2.45, 2.75) is 0 Å². The van der Waals surface area contributed by atoms with Crippen molar-refractivity contribution in [3.63, 3.8) is 0 Å². The van der Waals surface area contributed by atoms with E-state index in [-0.39, 0.29) is 0 Å². The molecule has 2 heterocycles. The van der Waals surface area contributed by atoms with Gasteiger partial charge in [0.05, 0.1) is 6.26 Å². The third-order valence-electron chi connectivity index (χ3n) is 2.40. The minimum Gasteiger partial charge on any atom is -0.486 e. The van der Waals surface area contributed by atoms with E-state index in [0.29, 0.717) is 35.9 Å². The third kappa shape index (κ3) is 1.11. The largest absolute Gasteiger partial charge is 0.486 e. The summed E-state index contributed by atoms with van der Waals surface area (Å²) >= 11 is 0. The minimum absolute atomic E-state index is 0.423. The number of rotatable bonds is 1. The van der Waals surface area contributed by atoms with Gasteiger partial charge in [-0.15, -0.1) is 0 Å². The van der Waals surface area contributed by atoms with Gasteiger partial charge in [0, 0.05) is 5.39 Å².